The Kier molecular flexibility index (Phi) is 6.46. The van der Waals surface area contributed by atoms with Crippen LogP contribution in [0.4, 0.5) is 0 Å². The molecular weight excluding hydrogens is 316 g/mol. The van der Waals surface area contributed by atoms with Crippen LogP contribution in [-0.2, 0) is 9.47 Å². The van der Waals surface area contributed by atoms with E-state index in [1.807, 2.05) is 0 Å². The van der Waals surface area contributed by atoms with Gasteiger partial charge in [-0.3, -0.25) is 0 Å². The van der Waals surface area contributed by atoms with Gasteiger partial charge in [0.2, 0.25) is 0 Å². The fraction of sp³-hybridized carbons (Fsp3) is 1.00. The number of rotatable bonds is 4. The van der Waals surface area contributed by atoms with Gasteiger partial charge in [0.05, 0.1) is 37.6 Å². The third-order valence-corrected chi connectivity index (χ3v) is 5.56. The van der Waals surface area contributed by atoms with Gasteiger partial charge >= 0.3 is 0 Å². The second-order valence-electron chi connectivity index (χ2n) is 5.80. The zero-order valence-electron chi connectivity index (χ0n) is 12.2. The lowest BCUT2D eigenvalue weighted by molar-refractivity contribution is -0.181. The Labute approximate surface area is 132 Å². The van der Waals surface area contributed by atoms with Crippen LogP contribution in [0.15, 0.2) is 0 Å². The predicted molar refractivity (Wildman–Crippen MR) is 76.9 cm³/mol. The van der Waals surface area contributed by atoms with Crippen LogP contribution >= 0.6 is 11.8 Å². The zero-order chi connectivity index (χ0) is 16.4. The molecule has 0 aliphatic carbocycles. The van der Waals surface area contributed by atoms with Crippen LogP contribution in [0.2, 0.25) is 0 Å². The molecule has 9 atom stereocenters. The molecule has 0 spiro atoms. The van der Waals surface area contributed by atoms with Gasteiger partial charge in [-0.25, -0.2) is 0 Å². The summed E-state index contributed by atoms with van der Waals surface area (Å²) in [4.78, 5) is 0. The van der Waals surface area contributed by atoms with E-state index in [9.17, 15) is 25.5 Å². The highest BCUT2D eigenvalue weighted by atomic mass is 32.2. The molecular formula is C13H24O8S. The van der Waals surface area contributed by atoms with Crippen molar-refractivity contribution in [2.24, 2.45) is 5.92 Å². The van der Waals surface area contributed by atoms with Gasteiger partial charge in [0.15, 0.2) is 0 Å². The molecule has 4 unspecified atom stereocenters. The summed E-state index contributed by atoms with van der Waals surface area (Å²) in [6.45, 7) is 0.876. The Morgan fingerprint density at radius 3 is 2.05 bits per heavy atom. The summed E-state index contributed by atoms with van der Waals surface area (Å²) < 4.78 is 10.9. The largest absolute Gasteiger partial charge is 0.394 e. The van der Waals surface area contributed by atoms with Crippen LogP contribution in [0.5, 0.6) is 0 Å². The molecule has 0 radical (unpaired) electrons. The lowest BCUT2D eigenvalue weighted by Crippen LogP contribution is -2.55. The maximum atomic E-state index is 10.2. The molecule has 130 valence electrons. The fourth-order valence-electron chi connectivity index (χ4n) is 2.67. The number of hydrogen-bond acceptors (Lipinski definition) is 9. The first-order chi connectivity index (χ1) is 10.4. The van der Waals surface area contributed by atoms with Crippen molar-refractivity contribution in [3.8, 4) is 0 Å². The van der Waals surface area contributed by atoms with Gasteiger partial charge in [-0.05, 0) is 0 Å². The van der Waals surface area contributed by atoms with Crippen molar-refractivity contribution >= 4 is 11.8 Å². The van der Waals surface area contributed by atoms with Crippen LogP contribution < -0.4 is 0 Å². The SMILES string of the molecule is C[C@@H]1C(O)[C@H](SC2O[C@H](CO)C(O)C[C@H]2O)OC(CO)[C@@H]1O. The van der Waals surface area contributed by atoms with Gasteiger partial charge < -0.3 is 40.1 Å². The van der Waals surface area contributed by atoms with Crippen molar-refractivity contribution in [2.45, 2.75) is 60.8 Å². The molecule has 2 aliphatic heterocycles. The van der Waals surface area contributed by atoms with Gasteiger partial charge in [-0.15, -0.1) is 0 Å². The summed E-state index contributed by atoms with van der Waals surface area (Å²) in [5.41, 5.74) is -1.59. The number of hydrogen-bond donors (Lipinski definition) is 6. The van der Waals surface area contributed by atoms with Crippen LogP contribution in [0, 0.1) is 5.92 Å². The molecule has 2 aliphatic rings. The predicted octanol–water partition coefficient (Wildman–Crippen LogP) is -2.38. The Morgan fingerprint density at radius 1 is 0.864 bits per heavy atom. The lowest BCUT2D eigenvalue weighted by atomic mass is 9.92. The molecule has 0 aromatic heterocycles. The highest BCUT2D eigenvalue weighted by molar-refractivity contribution is 8.00. The summed E-state index contributed by atoms with van der Waals surface area (Å²) in [6.07, 6.45) is -5.51. The van der Waals surface area contributed by atoms with Gasteiger partial charge in [0, 0.05) is 12.3 Å². The van der Waals surface area contributed by atoms with E-state index >= 15 is 0 Å². The second-order valence-corrected chi connectivity index (χ2v) is 7.00. The smallest absolute Gasteiger partial charge is 0.132 e. The van der Waals surface area contributed by atoms with Crippen molar-refractivity contribution < 1.29 is 40.1 Å². The summed E-state index contributed by atoms with van der Waals surface area (Å²) in [5, 5.41) is 58.1. The van der Waals surface area contributed by atoms with Crippen molar-refractivity contribution in [1.82, 2.24) is 0 Å². The third-order valence-electron chi connectivity index (χ3n) is 4.21. The van der Waals surface area contributed by atoms with Gasteiger partial charge in [-0.1, -0.05) is 18.7 Å². The fourth-order valence-corrected chi connectivity index (χ4v) is 4.05. The Hall–Kier alpha value is 0.0300. The normalized spacial score (nSPS) is 50.0. The van der Waals surface area contributed by atoms with E-state index in [1.54, 1.807) is 6.92 Å². The topological polar surface area (TPSA) is 140 Å². The van der Waals surface area contributed by atoms with E-state index in [0.29, 0.717) is 0 Å². The third kappa shape index (κ3) is 3.74. The summed E-state index contributed by atoms with van der Waals surface area (Å²) in [6, 6.07) is 0. The zero-order valence-corrected chi connectivity index (χ0v) is 13.0. The van der Waals surface area contributed by atoms with Crippen molar-refractivity contribution in [1.29, 1.82) is 0 Å². The van der Waals surface area contributed by atoms with E-state index in [-0.39, 0.29) is 19.6 Å². The minimum absolute atomic E-state index is 0.0489. The first-order valence-electron chi connectivity index (χ1n) is 7.29. The van der Waals surface area contributed by atoms with Crippen molar-refractivity contribution in [3.63, 3.8) is 0 Å². The molecule has 9 heteroatoms. The van der Waals surface area contributed by atoms with E-state index in [4.69, 9.17) is 14.6 Å². The molecule has 2 fully saturated rings. The Morgan fingerprint density at radius 2 is 1.45 bits per heavy atom. The molecule has 0 saturated carbocycles. The highest BCUT2D eigenvalue weighted by Crippen LogP contribution is 2.37. The maximum absolute atomic E-state index is 10.2. The molecule has 8 nitrogen and oxygen atoms in total. The molecule has 2 heterocycles. The summed E-state index contributed by atoms with van der Waals surface area (Å²) in [5.74, 6) is -0.511. The van der Waals surface area contributed by atoms with E-state index < -0.39 is 53.4 Å². The maximum Gasteiger partial charge on any atom is 0.132 e. The van der Waals surface area contributed by atoms with E-state index in [0.717, 1.165) is 11.8 Å². The second kappa shape index (κ2) is 7.73. The monoisotopic (exact) mass is 340 g/mol. The van der Waals surface area contributed by atoms with Crippen LogP contribution in [0.25, 0.3) is 0 Å². The van der Waals surface area contributed by atoms with Gasteiger partial charge in [-0.2, -0.15) is 0 Å². The van der Waals surface area contributed by atoms with Crippen molar-refractivity contribution in [2.75, 3.05) is 13.2 Å². The minimum atomic E-state index is -1.00. The molecule has 2 saturated heterocycles. The van der Waals surface area contributed by atoms with E-state index in [1.165, 1.54) is 0 Å². The lowest BCUT2D eigenvalue weighted by Gasteiger charge is -2.43. The van der Waals surface area contributed by atoms with Crippen LogP contribution in [0.1, 0.15) is 13.3 Å². The summed E-state index contributed by atoms with van der Waals surface area (Å²) in [7, 11) is 0. The van der Waals surface area contributed by atoms with Crippen LogP contribution in [0.3, 0.4) is 0 Å². The minimum Gasteiger partial charge on any atom is -0.394 e. The first-order valence-corrected chi connectivity index (χ1v) is 8.23. The van der Waals surface area contributed by atoms with Crippen LogP contribution in [-0.4, -0.2) is 91.3 Å². The quantitative estimate of drug-likeness (QED) is 0.331. The standard InChI is InChI=1S/C13H24O8S/c1-5-10(18)9(4-15)21-13(11(5)19)22-12-7(17)2-6(16)8(3-14)20-12/h5-19H,2-4H2,1H3/t5-,6?,7+,8+,9?,10+,11?,12?,13-/m0/s1. The first kappa shape index (κ1) is 18.4. The average Bonchev–Trinajstić information content (AvgIpc) is 2.50. The molecule has 22 heavy (non-hydrogen) atoms. The number of thioether (sulfide) groups is 1. The van der Waals surface area contributed by atoms with Gasteiger partial charge in [0.1, 0.15) is 23.1 Å². The summed E-state index contributed by atoms with van der Waals surface area (Å²) >= 11 is 1.01. The highest BCUT2D eigenvalue weighted by Gasteiger charge is 2.45. The van der Waals surface area contributed by atoms with Gasteiger partial charge in [0.25, 0.3) is 0 Å². The average molecular weight is 340 g/mol. The Bertz CT molecular complexity index is 357. The molecule has 0 aromatic rings. The molecule has 2 rings (SSSR count). The Balaban J connectivity index is 2.02. The molecule has 0 amide bonds. The van der Waals surface area contributed by atoms with Crippen molar-refractivity contribution in [3.05, 3.63) is 0 Å². The number of aliphatic hydroxyl groups excluding tert-OH is 6. The molecule has 6 N–H and O–H groups in total. The molecule has 0 bridgehead atoms. The molecule has 0 aromatic carbocycles. The number of aliphatic hydroxyl groups is 6. The van der Waals surface area contributed by atoms with E-state index in [2.05, 4.69) is 0 Å². The number of ether oxygens (including phenoxy) is 2.